The molecule has 8 nitrogen and oxygen atoms in total. The number of hydrogen-bond donors (Lipinski definition) is 0. The van der Waals surface area contributed by atoms with E-state index in [2.05, 4.69) is 124 Å². The highest BCUT2D eigenvalue weighted by Crippen LogP contribution is 2.37. The molecule has 8 rings (SSSR count). The maximum absolute atomic E-state index is 4.68. The van der Waals surface area contributed by atoms with Crippen molar-refractivity contribution in [3.05, 3.63) is 108 Å². The first-order valence-corrected chi connectivity index (χ1v) is 13.9. The second kappa shape index (κ2) is 9.01. The van der Waals surface area contributed by atoms with Gasteiger partial charge in [0.15, 0.2) is 0 Å². The van der Waals surface area contributed by atoms with E-state index in [-0.39, 0.29) is 0 Å². The highest BCUT2D eigenvalue weighted by molar-refractivity contribution is 6.12. The van der Waals surface area contributed by atoms with Gasteiger partial charge in [-0.3, -0.25) is 9.13 Å². The van der Waals surface area contributed by atoms with Gasteiger partial charge in [-0.2, -0.15) is 19.9 Å². The number of hydrogen-bond acceptors (Lipinski definition) is 6. The largest absolute Gasteiger partial charge is 0.278 e. The van der Waals surface area contributed by atoms with Crippen LogP contribution in [0.1, 0.15) is 23.3 Å². The van der Waals surface area contributed by atoms with Crippen molar-refractivity contribution in [3.8, 4) is 23.0 Å². The lowest BCUT2D eigenvalue weighted by atomic mass is 10.0. The van der Waals surface area contributed by atoms with Crippen LogP contribution in [0, 0.1) is 27.7 Å². The Balaban J connectivity index is 1.35. The van der Waals surface area contributed by atoms with Gasteiger partial charge in [0.25, 0.3) is 0 Å². The summed E-state index contributed by atoms with van der Waals surface area (Å²) in [7, 11) is 0. The fourth-order valence-corrected chi connectivity index (χ4v) is 6.13. The van der Waals surface area contributed by atoms with E-state index in [0.717, 1.165) is 54.7 Å². The molecule has 0 saturated heterocycles. The standard InChI is InChI=1S/C34H26N8/c1-19-35-20(2)38-33(37-19)41-29-11-7-5-9-25(29)27-17-23(13-15-31(27)41)24-14-16-32-28(18-24)26-10-6-8-12-30(26)42(32)34-39-21(3)36-22(4)40-34/h5-18H,1-4H3. The zero-order chi connectivity index (χ0) is 28.5. The van der Waals surface area contributed by atoms with Crippen LogP contribution in [0.3, 0.4) is 0 Å². The predicted octanol–water partition coefficient (Wildman–Crippen LogP) is 7.15. The summed E-state index contributed by atoms with van der Waals surface area (Å²) in [5, 5.41) is 4.61. The maximum Gasteiger partial charge on any atom is 0.238 e. The van der Waals surface area contributed by atoms with Crippen LogP contribution in [0.4, 0.5) is 0 Å². The molecule has 0 N–H and O–H groups in total. The average molecular weight is 547 g/mol. The van der Waals surface area contributed by atoms with Gasteiger partial charge in [-0.25, -0.2) is 9.97 Å². The van der Waals surface area contributed by atoms with Crippen LogP contribution in [0.5, 0.6) is 0 Å². The van der Waals surface area contributed by atoms with E-state index in [1.807, 2.05) is 27.7 Å². The molecule has 0 saturated carbocycles. The lowest BCUT2D eigenvalue weighted by Crippen LogP contribution is -2.06. The summed E-state index contributed by atoms with van der Waals surface area (Å²) in [6.07, 6.45) is 0. The minimum atomic E-state index is 0.636. The SMILES string of the molecule is Cc1nc(C)nc(-n2c3ccccc3c3cc(-c4ccc5c(c4)c4ccccc4n5-c4nc(C)nc(C)n4)ccc32)n1. The third kappa shape index (κ3) is 3.69. The number of rotatable bonds is 3. The first-order valence-electron chi connectivity index (χ1n) is 13.9. The van der Waals surface area contributed by atoms with Gasteiger partial charge in [0.2, 0.25) is 11.9 Å². The molecule has 0 fully saturated rings. The summed E-state index contributed by atoms with van der Waals surface area (Å²) in [4.78, 5) is 27.5. The van der Waals surface area contributed by atoms with Gasteiger partial charge < -0.3 is 0 Å². The highest BCUT2D eigenvalue weighted by atomic mass is 15.2. The van der Waals surface area contributed by atoms with E-state index in [4.69, 9.17) is 0 Å². The van der Waals surface area contributed by atoms with Crippen molar-refractivity contribution >= 4 is 43.6 Å². The quantitative estimate of drug-likeness (QED) is 0.234. The Morgan fingerprint density at radius 2 is 0.738 bits per heavy atom. The van der Waals surface area contributed by atoms with E-state index in [0.29, 0.717) is 35.2 Å². The van der Waals surface area contributed by atoms with Gasteiger partial charge in [0.1, 0.15) is 23.3 Å². The van der Waals surface area contributed by atoms with E-state index in [1.54, 1.807) is 0 Å². The molecule has 8 heteroatoms. The first kappa shape index (κ1) is 24.3. The molecule has 4 heterocycles. The van der Waals surface area contributed by atoms with Crippen LogP contribution < -0.4 is 0 Å². The Morgan fingerprint density at radius 1 is 0.381 bits per heavy atom. The molecule has 0 radical (unpaired) electrons. The Bertz CT molecular complexity index is 2150. The second-order valence-electron chi connectivity index (χ2n) is 10.6. The zero-order valence-corrected chi connectivity index (χ0v) is 23.7. The summed E-state index contributed by atoms with van der Waals surface area (Å²) in [5.74, 6) is 4.09. The zero-order valence-electron chi connectivity index (χ0n) is 23.7. The van der Waals surface area contributed by atoms with Crippen LogP contribution in [-0.4, -0.2) is 39.0 Å². The van der Waals surface area contributed by atoms with Crippen molar-refractivity contribution in [3.63, 3.8) is 0 Å². The molecule has 0 aliphatic rings. The fourth-order valence-electron chi connectivity index (χ4n) is 6.13. The Hall–Kier alpha value is -5.50. The number of fused-ring (bicyclic) bond motifs is 6. The highest BCUT2D eigenvalue weighted by Gasteiger charge is 2.18. The van der Waals surface area contributed by atoms with Gasteiger partial charge in [0.05, 0.1) is 22.1 Å². The van der Waals surface area contributed by atoms with Crippen molar-refractivity contribution in [2.45, 2.75) is 27.7 Å². The number of para-hydroxylation sites is 2. The topological polar surface area (TPSA) is 87.2 Å². The van der Waals surface area contributed by atoms with Gasteiger partial charge in [0, 0.05) is 21.5 Å². The predicted molar refractivity (Wildman–Crippen MR) is 166 cm³/mol. The van der Waals surface area contributed by atoms with Crippen LogP contribution >= 0.6 is 0 Å². The second-order valence-corrected chi connectivity index (χ2v) is 10.6. The molecule has 0 aliphatic carbocycles. The van der Waals surface area contributed by atoms with E-state index in [1.165, 1.54) is 0 Å². The van der Waals surface area contributed by atoms with Crippen LogP contribution in [-0.2, 0) is 0 Å². The van der Waals surface area contributed by atoms with Crippen LogP contribution in [0.2, 0.25) is 0 Å². The molecule has 4 aromatic carbocycles. The van der Waals surface area contributed by atoms with E-state index < -0.39 is 0 Å². The molecular weight excluding hydrogens is 520 g/mol. The summed E-state index contributed by atoms with van der Waals surface area (Å²) in [6, 6.07) is 30.1. The Labute approximate surface area is 241 Å². The van der Waals surface area contributed by atoms with E-state index >= 15 is 0 Å². The monoisotopic (exact) mass is 546 g/mol. The van der Waals surface area contributed by atoms with E-state index in [9.17, 15) is 0 Å². The Kier molecular flexibility index (Phi) is 5.21. The molecule has 0 bridgehead atoms. The molecule has 0 amide bonds. The molecule has 42 heavy (non-hydrogen) atoms. The smallest absolute Gasteiger partial charge is 0.238 e. The van der Waals surface area contributed by atoms with Crippen molar-refractivity contribution < 1.29 is 0 Å². The summed E-state index contributed by atoms with van der Waals surface area (Å²) >= 11 is 0. The molecule has 0 spiro atoms. The number of benzene rings is 4. The Morgan fingerprint density at radius 3 is 1.14 bits per heavy atom. The third-order valence-electron chi connectivity index (χ3n) is 7.77. The molecule has 0 aliphatic heterocycles. The normalized spacial score (nSPS) is 11.8. The molecule has 8 aromatic rings. The maximum atomic E-state index is 4.68. The van der Waals surface area contributed by atoms with Gasteiger partial charge in [-0.05, 0) is 75.2 Å². The molecule has 4 aromatic heterocycles. The number of nitrogens with zero attached hydrogens (tertiary/aromatic N) is 8. The lowest BCUT2D eigenvalue weighted by Gasteiger charge is -2.09. The van der Waals surface area contributed by atoms with Gasteiger partial charge >= 0.3 is 0 Å². The average Bonchev–Trinajstić information content (AvgIpc) is 3.48. The molecule has 202 valence electrons. The molecule has 0 atom stereocenters. The minimum Gasteiger partial charge on any atom is -0.278 e. The van der Waals surface area contributed by atoms with Crippen LogP contribution in [0.15, 0.2) is 84.9 Å². The van der Waals surface area contributed by atoms with Crippen molar-refractivity contribution in [2.75, 3.05) is 0 Å². The van der Waals surface area contributed by atoms with Crippen LogP contribution in [0.25, 0.3) is 66.6 Å². The molecular formula is C34H26N8. The first-order chi connectivity index (χ1) is 20.4. The number of aryl methyl sites for hydroxylation is 4. The van der Waals surface area contributed by atoms with Crippen molar-refractivity contribution in [1.29, 1.82) is 0 Å². The summed E-state index contributed by atoms with van der Waals surface area (Å²) in [5.41, 5.74) is 6.52. The summed E-state index contributed by atoms with van der Waals surface area (Å²) in [6.45, 7) is 7.61. The van der Waals surface area contributed by atoms with Crippen molar-refractivity contribution in [1.82, 2.24) is 39.0 Å². The minimum absolute atomic E-state index is 0.636. The van der Waals surface area contributed by atoms with Gasteiger partial charge in [-0.1, -0.05) is 48.5 Å². The summed E-state index contributed by atoms with van der Waals surface area (Å²) < 4.78 is 4.26. The third-order valence-corrected chi connectivity index (χ3v) is 7.77. The fraction of sp³-hybridized carbons (Fsp3) is 0.118. The van der Waals surface area contributed by atoms with Crippen molar-refractivity contribution in [2.24, 2.45) is 0 Å². The molecule has 0 unspecified atom stereocenters. The van der Waals surface area contributed by atoms with Gasteiger partial charge in [-0.15, -0.1) is 0 Å². The number of aromatic nitrogens is 8. The lowest BCUT2D eigenvalue weighted by molar-refractivity contribution is 0.863.